The maximum atomic E-state index is 12.2. The van der Waals surface area contributed by atoms with Crippen molar-refractivity contribution in [1.82, 2.24) is 15.1 Å². The van der Waals surface area contributed by atoms with Crippen LogP contribution in [-0.2, 0) is 17.8 Å². The molecule has 0 saturated heterocycles. The molecule has 1 aromatic heterocycles. The molecule has 116 valence electrons. The number of hydrogen-bond acceptors (Lipinski definition) is 3. The first-order valence-corrected chi connectivity index (χ1v) is 9.05. The van der Waals surface area contributed by atoms with Crippen molar-refractivity contribution in [3.63, 3.8) is 0 Å². The highest BCUT2D eigenvalue weighted by Crippen LogP contribution is 2.29. The van der Waals surface area contributed by atoms with Crippen LogP contribution in [0.2, 0.25) is 5.02 Å². The monoisotopic (exact) mass is 335 g/mol. The van der Waals surface area contributed by atoms with Crippen LogP contribution in [-0.4, -0.2) is 39.6 Å². The zero-order valence-corrected chi connectivity index (χ0v) is 14.0. The third-order valence-electron chi connectivity index (χ3n) is 3.92. The van der Waals surface area contributed by atoms with E-state index >= 15 is 0 Å². The number of fused-ring (bicyclic) bond motifs is 1. The van der Waals surface area contributed by atoms with Crippen LogP contribution in [0.15, 0.2) is 24.3 Å². The first-order chi connectivity index (χ1) is 10.7. The van der Waals surface area contributed by atoms with E-state index in [0.29, 0.717) is 18.0 Å². The first kappa shape index (κ1) is 15.4. The number of carbonyl (C=O) groups excluding carboxylic acids is 1. The van der Waals surface area contributed by atoms with E-state index in [-0.39, 0.29) is 5.91 Å². The lowest BCUT2D eigenvalue weighted by molar-refractivity contribution is -0.131. The Morgan fingerprint density at radius 2 is 2.18 bits per heavy atom. The molecule has 0 atom stereocenters. The summed E-state index contributed by atoms with van der Waals surface area (Å²) >= 11 is 7.65. The topological polar surface area (TPSA) is 49.0 Å². The second-order valence-corrected chi connectivity index (χ2v) is 6.77. The molecule has 0 aliphatic carbocycles. The van der Waals surface area contributed by atoms with E-state index in [9.17, 15) is 4.79 Å². The Bertz CT molecular complexity index is 669. The summed E-state index contributed by atoms with van der Waals surface area (Å²) in [5.41, 5.74) is 4.22. The zero-order chi connectivity index (χ0) is 15.5. The summed E-state index contributed by atoms with van der Waals surface area (Å²) in [6.45, 7) is 1.40. The fraction of sp³-hybridized carbons (Fsp3) is 0.375. The first-order valence-electron chi connectivity index (χ1n) is 7.28. The van der Waals surface area contributed by atoms with Crippen LogP contribution >= 0.6 is 23.4 Å². The van der Waals surface area contributed by atoms with Crippen LogP contribution in [0.4, 0.5) is 0 Å². The number of thioether (sulfide) groups is 1. The number of H-pyrrole nitrogens is 1. The van der Waals surface area contributed by atoms with Crippen molar-refractivity contribution in [3.8, 4) is 11.3 Å². The molecule has 1 N–H and O–H groups in total. The fourth-order valence-electron chi connectivity index (χ4n) is 2.70. The molecule has 0 saturated carbocycles. The number of nitrogens with zero attached hydrogens (tertiary/aromatic N) is 2. The summed E-state index contributed by atoms with van der Waals surface area (Å²) in [4.78, 5) is 14.2. The smallest absolute Gasteiger partial charge is 0.223 e. The minimum atomic E-state index is 0.225. The lowest BCUT2D eigenvalue weighted by atomic mass is 10.0. The Morgan fingerprint density at radius 3 is 2.91 bits per heavy atom. The van der Waals surface area contributed by atoms with Crippen molar-refractivity contribution in [2.45, 2.75) is 19.4 Å². The van der Waals surface area contributed by atoms with Gasteiger partial charge in [0.25, 0.3) is 0 Å². The molecule has 0 radical (unpaired) electrons. The van der Waals surface area contributed by atoms with E-state index in [4.69, 9.17) is 11.6 Å². The normalized spacial score (nSPS) is 14.0. The van der Waals surface area contributed by atoms with Crippen molar-refractivity contribution in [1.29, 1.82) is 0 Å². The summed E-state index contributed by atoms with van der Waals surface area (Å²) in [6, 6.07) is 7.66. The van der Waals surface area contributed by atoms with E-state index in [2.05, 4.69) is 10.2 Å². The molecule has 2 heterocycles. The third kappa shape index (κ3) is 3.15. The third-order valence-corrected chi connectivity index (χ3v) is 4.79. The van der Waals surface area contributed by atoms with Crippen LogP contribution in [0.1, 0.15) is 17.7 Å². The maximum Gasteiger partial charge on any atom is 0.223 e. The Balaban J connectivity index is 1.82. The Kier molecular flexibility index (Phi) is 4.74. The Hall–Kier alpha value is -1.46. The Labute approximate surface area is 139 Å². The van der Waals surface area contributed by atoms with Gasteiger partial charge in [0, 0.05) is 53.5 Å². The SMILES string of the molecule is CSCCC(=O)N1CCc2[nH]nc(-c3ccc(Cl)cc3)c2C1. The molecule has 0 unspecified atom stereocenters. The standard InChI is InChI=1S/C16H18ClN3OS/c1-22-9-7-15(21)20-8-6-14-13(10-20)16(19-18-14)11-2-4-12(17)5-3-11/h2-5H,6-10H2,1H3,(H,18,19). The highest BCUT2D eigenvalue weighted by atomic mass is 35.5. The number of aromatic amines is 1. The van der Waals surface area contributed by atoms with Crippen molar-refractivity contribution >= 4 is 29.3 Å². The van der Waals surface area contributed by atoms with E-state index < -0.39 is 0 Å². The van der Waals surface area contributed by atoms with Gasteiger partial charge in [0.15, 0.2) is 0 Å². The van der Waals surface area contributed by atoms with Crippen LogP contribution in [0.25, 0.3) is 11.3 Å². The van der Waals surface area contributed by atoms with Gasteiger partial charge in [-0.15, -0.1) is 0 Å². The van der Waals surface area contributed by atoms with Gasteiger partial charge in [-0.25, -0.2) is 0 Å². The van der Waals surface area contributed by atoms with Crippen LogP contribution < -0.4 is 0 Å². The molecular formula is C16H18ClN3OS. The Morgan fingerprint density at radius 1 is 1.41 bits per heavy atom. The molecule has 6 heteroatoms. The van der Waals surface area contributed by atoms with Crippen molar-refractivity contribution in [3.05, 3.63) is 40.5 Å². The molecule has 1 aliphatic rings. The number of nitrogens with one attached hydrogen (secondary N) is 1. The van der Waals surface area contributed by atoms with Gasteiger partial charge in [-0.05, 0) is 18.4 Å². The molecule has 1 aromatic carbocycles. The van der Waals surface area contributed by atoms with Gasteiger partial charge in [-0.3, -0.25) is 9.89 Å². The lowest BCUT2D eigenvalue weighted by Gasteiger charge is -2.27. The van der Waals surface area contributed by atoms with Gasteiger partial charge in [0.1, 0.15) is 0 Å². The number of rotatable bonds is 4. The van der Waals surface area contributed by atoms with Gasteiger partial charge in [0.2, 0.25) is 5.91 Å². The number of halogens is 1. The van der Waals surface area contributed by atoms with Crippen molar-refractivity contribution < 1.29 is 4.79 Å². The fourth-order valence-corrected chi connectivity index (χ4v) is 3.21. The average Bonchev–Trinajstić information content (AvgIpc) is 2.96. The van der Waals surface area contributed by atoms with Gasteiger partial charge < -0.3 is 4.90 Å². The number of aromatic nitrogens is 2. The molecule has 3 rings (SSSR count). The largest absolute Gasteiger partial charge is 0.338 e. The van der Waals surface area contributed by atoms with Gasteiger partial charge in [-0.1, -0.05) is 23.7 Å². The van der Waals surface area contributed by atoms with Gasteiger partial charge in [0.05, 0.1) is 5.69 Å². The predicted molar refractivity (Wildman–Crippen MR) is 91.2 cm³/mol. The highest BCUT2D eigenvalue weighted by Gasteiger charge is 2.25. The summed E-state index contributed by atoms with van der Waals surface area (Å²) < 4.78 is 0. The lowest BCUT2D eigenvalue weighted by Crippen LogP contribution is -2.36. The van der Waals surface area contributed by atoms with Crippen LogP contribution in [0.5, 0.6) is 0 Å². The second-order valence-electron chi connectivity index (χ2n) is 5.34. The number of carbonyl (C=O) groups is 1. The maximum absolute atomic E-state index is 12.2. The van der Waals surface area contributed by atoms with Crippen molar-refractivity contribution in [2.24, 2.45) is 0 Å². The molecule has 1 amide bonds. The molecule has 2 aromatic rings. The van der Waals surface area contributed by atoms with E-state index in [1.54, 1.807) is 11.8 Å². The molecule has 4 nitrogen and oxygen atoms in total. The summed E-state index contributed by atoms with van der Waals surface area (Å²) in [7, 11) is 0. The number of hydrogen-bond donors (Lipinski definition) is 1. The van der Waals surface area contributed by atoms with Crippen molar-refractivity contribution in [2.75, 3.05) is 18.6 Å². The minimum absolute atomic E-state index is 0.225. The summed E-state index contributed by atoms with van der Waals surface area (Å²) in [5, 5.41) is 8.27. The molecule has 22 heavy (non-hydrogen) atoms. The number of amides is 1. The number of benzene rings is 1. The van der Waals surface area contributed by atoms with E-state index in [1.165, 1.54) is 0 Å². The van der Waals surface area contributed by atoms with E-state index in [1.807, 2.05) is 35.4 Å². The minimum Gasteiger partial charge on any atom is -0.338 e. The molecular weight excluding hydrogens is 318 g/mol. The molecule has 0 fully saturated rings. The predicted octanol–water partition coefficient (Wildman–Crippen LogP) is 3.37. The summed E-state index contributed by atoms with van der Waals surface area (Å²) in [5.74, 6) is 1.10. The van der Waals surface area contributed by atoms with Gasteiger partial charge in [-0.2, -0.15) is 16.9 Å². The summed E-state index contributed by atoms with van der Waals surface area (Å²) in [6.07, 6.45) is 3.46. The van der Waals surface area contributed by atoms with E-state index in [0.717, 1.165) is 41.2 Å². The van der Waals surface area contributed by atoms with Crippen LogP contribution in [0, 0.1) is 0 Å². The van der Waals surface area contributed by atoms with Gasteiger partial charge >= 0.3 is 0 Å². The molecule has 0 bridgehead atoms. The zero-order valence-electron chi connectivity index (χ0n) is 12.4. The van der Waals surface area contributed by atoms with Crippen LogP contribution in [0.3, 0.4) is 0 Å². The second kappa shape index (κ2) is 6.75. The quantitative estimate of drug-likeness (QED) is 0.932. The molecule has 0 spiro atoms. The molecule has 1 aliphatic heterocycles. The average molecular weight is 336 g/mol. The highest BCUT2D eigenvalue weighted by molar-refractivity contribution is 7.98.